The van der Waals surface area contributed by atoms with Gasteiger partial charge < -0.3 is 14.6 Å². The summed E-state index contributed by atoms with van der Waals surface area (Å²) in [7, 11) is 0. The molecule has 0 aliphatic heterocycles. The van der Waals surface area contributed by atoms with Gasteiger partial charge in [0.2, 0.25) is 0 Å². The van der Waals surface area contributed by atoms with Gasteiger partial charge in [0.1, 0.15) is 5.75 Å². The lowest BCUT2D eigenvalue weighted by atomic mass is 10.1. The van der Waals surface area contributed by atoms with Crippen LogP contribution in [0, 0.1) is 6.92 Å². The van der Waals surface area contributed by atoms with E-state index in [2.05, 4.69) is 0 Å². The number of hydrogen-bond acceptors (Lipinski definition) is 4. The van der Waals surface area contributed by atoms with Crippen molar-refractivity contribution in [2.75, 3.05) is 6.61 Å². The monoisotopic (exact) mass is 278 g/mol. The fourth-order valence-electron chi connectivity index (χ4n) is 1.56. The Morgan fingerprint density at radius 1 is 1.40 bits per heavy atom. The molecule has 1 N–H and O–H groups in total. The SMILES string of the molecule is CCOC(=O)C(C)Oc1ccc(C)cc1C=CC(=O)O. The average Bonchev–Trinajstić information content (AvgIpc) is 2.39. The van der Waals surface area contributed by atoms with E-state index in [0.717, 1.165) is 11.6 Å². The fraction of sp³-hybridized carbons (Fsp3) is 0.333. The zero-order valence-electron chi connectivity index (χ0n) is 11.8. The van der Waals surface area contributed by atoms with Crippen LogP contribution < -0.4 is 4.74 Å². The molecule has 0 saturated carbocycles. The van der Waals surface area contributed by atoms with Crippen LogP contribution in [0.15, 0.2) is 24.3 Å². The fourth-order valence-corrected chi connectivity index (χ4v) is 1.56. The summed E-state index contributed by atoms with van der Waals surface area (Å²) >= 11 is 0. The van der Waals surface area contributed by atoms with E-state index < -0.39 is 18.0 Å². The summed E-state index contributed by atoms with van der Waals surface area (Å²) in [6.45, 7) is 5.48. The first-order chi connectivity index (χ1) is 9.43. The molecule has 0 fully saturated rings. The van der Waals surface area contributed by atoms with Gasteiger partial charge >= 0.3 is 11.9 Å². The summed E-state index contributed by atoms with van der Waals surface area (Å²) < 4.78 is 10.4. The van der Waals surface area contributed by atoms with Crippen molar-refractivity contribution in [1.82, 2.24) is 0 Å². The molecule has 0 saturated heterocycles. The summed E-state index contributed by atoms with van der Waals surface area (Å²) in [6, 6.07) is 5.31. The normalized spacial score (nSPS) is 12.2. The van der Waals surface area contributed by atoms with Gasteiger partial charge in [0.25, 0.3) is 0 Å². The number of carboxylic acids is 1. The molecular formula is C15H18O5. The standard InChI is InChI=1S/C15H18O5/c1-4-19-15(18)11(3)20-13-7-5-10(2)9-12(13)6-8-14(16)17/h5-9,11H,4H2,1-3H3,(H,16,17). The average molecular weight is 278 g/mol. The Morgan fingerprint density at radius 2 is 2.10 bits per heavy atom. The lowest BCUT2D eigenvalue weighted by Gasteiger charge is -2.15. The molecule has 0 bridgehead atoms. The molecule has 1 rings (SSSR count). The third-order valence-electron chi connectivity index (χ3n) is 2.49. The van der Waals surface area contributed by atoms with Gasteiger partial charge in [0.05, 0.1) is 6.61 Å². The van der Waals surface area contributed by atoms with Crippen LogP contribution in [0.25, 0.3) is 6.08 Å². The van der Waals surface area contributed by atoms with Crippen molar-refractivity contribution >= 4 is 18.0 Å². The first-order valence-electron chi connectivity index (χ1n) is 6.29. The van der Waals surface area contributed by atoms with Gasteiger partial charge in [-0.1, -0.05) is 11.6 Å². The van der Waals surface area contributed by atoms with Crippen LogP contribution in [-0.2, 0) is 14.3 Å². The van der Waals surface area contributed by atoms with Crippen LogP contribution in [0.5, 0.6) is 5.75 Å². The Morgan fingerprint density at radius 3 is 2.70 bits per heavy atom. The van der Waals surface area contributed by atoms with Crippen LogP contribution in [0.2, 0.25) is 0 Å². The number of rotatable bonds is 6. The molecular weight excluding hydrogens is 260 g/mol. The number of benzene rings is 1. The smallest absolute Gasteiger partial charge is 0.347 e. The predicted octanol–water partition coefficient (Wildman–Crippen LogP) is 2.42. The van der Waals surface area contributed by atoms with Gasteiger partial charge in [-0.25, -0.2) is 9.59 Å². The second kappa shape index (κ2) is 7.33. The topological polar surface area (TPSA) is 72.8 Å². The number of aryl methyl sites for hydroxylation is 1. The van der Waals surface area contributed by atoms with Crippen molar-refractivity contribution in [2.24, 2.45) is 0 Å². The Balaban J connectivity index is 2.94. The molecule has 1 aromatic carbocycles. The first kappa shape index (κ1) is 15.8. The molecule has 5 heteroatoms. The Kier molecular flexibility index (Phi) is 5.77. The highest BCUT2D eigenvalue weighted by Crippen LogP contribution is 2.23. The minimum absolute atomic E-state index is 0.284. The van der Waals surface area contributed by atoms with E-state index in [1.807, 2.05) is 13.0 Å². The molecule has 0 radical (unpaired) electrons. The van der Waals surface area contributed by atoms with Crippen molar-refractivity contribution in [3.05, 3.63) is 35.4 Å². The minimum atomic E-state index is -1.05. The summed E-state index contributed by atoms with van der Waals surface area (Å²) in [4.78, 5) is 22.1. The quantitative estimate of drug-likeness (QED) is 0.639. The van der Waals surface area contributed by atoms with Gasteiger partial charge in [-0.2, -0.15) is 0 Å². The molecule has 0 amide bonds. The highest BCUT2D eigenvalue weighted by Gasteiger charge is 2.16. The van der Waals surface area contributed by atoms with E-state index in [-0.39, 0.29) is 6.61 Å². The van der Waals surface area contributed by atoms with Gasteiger partial charge in [-0.3, -0.25) is 0 Å². The first-order valence-corrected chi connectivity index (χ1v) is 6.29. The summed E-state index contributed by atoms with van der Waals surface area (Å²) in [5.41, 5.74) is 1.56. The van der Waals surface area contributed by atoms with Crippen molar-refractivity contribution in [3.8, 4) is 5.75 Å². The second-order valence-corrected chi connectivity index (χ2v) is 4.22. The Hall–Kier alpha value is -2.30. The van der Waals surface area contributed by atoms with Crippen molar-refractivity contribution in [3.63, 3.8) is 0 Å². The maximum Gasteiger partial charge on any atom is 0.347 e. The minimum Gasteiger partial charge on any atom is -0.478 e. The molecule has 0 aromatic heterocycles. The maximum absolute atomic E-state index is 11.5. The van der Waals surface area contributed by atoms with Crippen LogP contribution in [0.1, 0.15) is 25.0 Å². The summed E-state index contributed by atoms with van der Waals surface area (Å²) in [6.07, 6.45) is 1.70. The summed E-state index contributed by atoms with van der Waals surface area (Å²) in [5, 5.41) is 8.67. The van der Waals surface area contributed by atoms with E-state index in [1.54, 1.807) is 26.0 Å². The molecule has 0 aliphatic carbocycles. The van der Waals surface area contributed by atoms with E-state index in [0.29, 0.717) is 11.3 Å². The number of ether oxygens (including phenoxy) is 2. The third kappa shape index (κ3) is 4.76. The van der Waals surface area contributed by atoms with E-state index >= 15 is 0 Å². The third-order valence-corrected chi connectivity index (χ3v) is 2.49. The van der Waals surface area contributed by atoms with Crippen LogP contribution >= 0.6 is 0 Å². The van der Waals surface area contributed by atoms with Crippen LogP contribution in [0.3, 0.4) is 0 Å². The van der Waals surface area contributed by atoms with Crippen molar-refractivity contribution in [2.45, 2.75) is 26.9 Å². The number of carboxylic acid groups (broad SMARTS) is 1. The van der Waals surface area contributed by atoms with Gasteiger partial charge in [0.15, 0.2) is 6.10 Å². The largest absolute Gasteiger partial charge is 0.478 e. The molecule has 108 valence electrons. The number of esters is 1. The zero-order chi connectivity index (χ0) is 15.1. The molecule has 1 unspecified atom stereocenters. The number of hydrogen-bond donors (Lipinski definition) is 1. The lowest BCUT2D eigenvalue weighted by Crippen LogP contribution is -2.26. The molecule has 0 aliphatic rings. The van der Waals surface area contributed by atoms with Crippen LogP contribution in [-0.4, -0.2) is 29.8 Å². The van der Waals surface area contributed by atoms with Gasteiger partial charge in [-0.15, -0.1) is 0 Å². The Labute approximate surface area is 117 Å². The van der Waals surface area contributed by atoms with E-state index in [1.165, 1.54) is 6.08 Å². The molecule has 5 nitrogen and oxygen atoms in total. The van der Waals surface area contributed by atoms with Crippen LogP contribution in [0.4, 0.5) is 0 Å². The second-order valence-electron chi connectivity index (χ2n) is 4.22. The predicted molar refractivity (Wildman–Crippen MR) is 74.6 cm³/mol. The van der Waals surface area contributed by atoms with E-state index in [4.69, 9.17) is 14.6 Å². The van der Waals surface area contributed by atoms with Gasteiger partial charge in [-0.05, 0) is 39.0 Å². The number of carbonyl (C=O) groups is 2. The molecule has 20 heavy (non-hydrogen) atoms. The Bertz CT molecular complexity index is 519. The molecule has 0 heterocycles. The number of aliphatic carboxylic acids is 1. The number of carbonyl (C=O) groups excluding carboxylic acids is 1. The molecule has 0 spiro atoms. The van der Waals surface area contributed by atoms with Gasteiger partial charge in [0, 0.05) is 11.6 Å². The van der Waals surface area contributed by atoms with E-state index in [9.17, 15) is 9.59 Å². The summed E-state index contributed by atoms with van der Waals surface area (Å²) in [5.74, 6) is -1.06. The van der Waals surface area contributed by atoms with Crippen molar-refractivity contribution in [1.29, 1.82) is 0 Å². The molecule has 1 aromatic rings. The molecule has 1 atom stereocenters. The maximum atomic E-state index is 11.5. The zero-order valence-corrected chi connectivity index (χ0v) is 11.8. The lowest BCUT2D eigenvalue weighted by molar-refractivity contribution is -0.150. The van der Waals surface area contributed by atoms with Crippen molar-refractivity contribution < 1.29 is 24.2 Å². The highest BCUT2D eigenvalue weighted by atomic mass is 16.6. The highest BCUT2D eigenvalue weighted by molar-refractivity contribution is 5.86.